The fourth-order valence-electron chi connectivity index (χ4n) is 1.43. The molecule has 5 heteroatoms. The third-order valence-electron chi connectivity index (χ3n) is 2.13. The van der Waals surface area contributed by atoms with Crippen molar-refractivity contribution in [2.45, 2.75) is 18.9 Å². The van der Waals surface area contributed by atoms with E-state index in [1.165, 1.54) is 4.90 Å². The maximum Gasteiger partial charge on any atom is 0.407 e. The first-order chi connectivity index (χ1) is 6.25. The molecule has 5 nitrogen and oxygen atoms in total. The Labute approximate surface area is 76.3 Å². The molecular formula is C8H13NO4. The van der Waals surface area contributed by atoms with E-state index >= 15 is 0 Å². The Kier molecular flexibility index (Phi) is 3.70. The highest BCUT2D eigenvalue weighted by atomic mass is 16.5. The van der Waals surface area contributed by atoms with Gasteiger partial charge in [-0.1, -0.05) is 0 Å². The Balaban J connectivity index is 2.60. The molecule has 1 saturated heterocycles. The molecule has 0 saturated carbocycles. The molecule has 1 N–H and O–H groups in total. The molecule has 1 heterocycles. The van der Waals surface area contributed by atoms with Crippen molar-refractivity contribution in [3.63, 3.8) is 0 Å². The van der Waals surface area contributed by atoms with Crippen molar-refractivity contribution in [1.82, 2.24) is 4.90 Å². The van der Waals surface area contributed by atoms with Gasteiger partial charge >= 0.3 is 6.09 Å². The summed E-state index contributed by atoms with van der Waals surface area (Å²) in [6.07, 6.45) is 0.643. The van der Waals surface area contributed by atoms with Crippen LogP contribution in [0.25, 0.3) is 0 Å². The first kappa shape index (κ1) is 9.98. The second kappa shape index (κ2) is 4.81. The molecule has 74 valence electrons. The zero-order valence-electron chi connectivity index (χ0n) is 7.31. The number of hydrogen-bond donors (Lipinski definition) is 1. The van der Waals surface area contributed by atoms with Gasteiger partial charge < -0.3 is 19.5 Å². The van der Waals surface area contributed by atoms with Gasteiger partial charge in [0.25, 0.3) is 0 Å². The van der Waals surface area contributed by atoms with E-state index in [2.05, 4.69) is 0 Å². The first-order valence-corrected chi connectivity index (χ1v) is 4.26. The molecule has 1 fully saturated rings. The Morgan fingerprint density at radius 1 is 1.62 bits per heavy atom. The van der Waals surface area contributed by atoms with E-state index in [1.54, 1.807) is 0 Å². The highest BCUT2D eigenvalue weighted by Gasteiger charge is 2.24. The third kappa shape index (κ3) is 2.69. The normalized spacial score (nSPS) is 23.7. The molecule has 0 aliphatic carbocycles. The topological polar surface area (TPSA) is 66.8 Å². The summed E-state index contributed by atoms with van der Waals surface area (Å²) in [6.45, 7) is 1.30. The molecule has 0 aromatic carbocycles. The van der Waals surface area contributed by atoms with Crippen molar-refractivity contribution in [2.24, 2.45) is 0 Å². The molecule has 1 aliphatic heterocycles. The van der Waals surface area contributed by atoms with Crippen molar-refractivity contribution >= 4 is 12.4 Å². The predicted octanol–water partition coefficient (Wildman–Crippen LogP) is 0.344. The predicted molar refractivity (Wildman–Crippen MR) is 44.6 cm³/mol. The Bertz CT molecular complexity index is 195. The van der Waals surface area contributed by atoms with Crippen LogP contribution in [0.3, 0.4) is 0 Å². The van der Waals surface area contributed by atoms with Gasteiger partial charge in [0.05, 0.1) is 6.61 Å². The molecule has 1 rings (SSSR count). The lowest BCUT2D eigenvalue weighted by Gasteiger charge is -2.24. The summed E-state index contributed by atoms with van der Waals surface area (Å²) in [5.41, 5.74) is 0. The molecule has 13 heavy (non-hydrogen) atoms. The van der Waals surface area contributed by atoms with Gasteiger partial charge in [0.2, 0.25) is 0 Å². The van der Waals surface area contributed by atoms with Crippen LogP contribution in [0.5, 0.6) is 0 Å². The average Bonchev–Trinajstić information content (AvgIpc) is 2.30. The fourth-order valence-corrected chi connectivity index (χ4v) is 1.43. The van der Waals surface area contributed by atoms with E-state index in [-0.39, 0.29) is 12.5 Å². The summed E-state index contributed by atoms with van der Waals surface area (Å²) in [4.78, 5) is 22.3. The minimum atomic E-state index is -0.975. The van der Waals surface area contributed by atoms with Crippen molar-refractivity contribution in [3.8, 4) is 0 Å². The van der Waals surface area contributed by atoms with E-state index in [0.717, 1.165) is 6.29 Å². The lowest BCUT2D eigenvalue weighted by Crippen LogP contribution is -2.40. The zero-order valence-corrected chi connectivity index (χ0v) is 7.31. The maximum atomic E-state index is 10.7. The monoisotopic (exact) mass is 187 g/mol. The van der Waals surface area contributed by atoms with Crippen LogP contribution in [-0.4, -0.2) is 48.2 Å². The van der Waals surface area contributed by atoms with Crippen LogP contribution in [0.4, 0.5) is 4.79 Å². The number of rotatable bonds is 2. The third-order valence-corrected chi connectivity index (χ3v) is 2.13. The maximum absolute atomic E-state index is 10.7. The van der Waals surface area contributed by atoms with Crippen molar-refractivity contribution in [2.75, 3.05) is 19.8 Å². The number of carbonyl (C=O) groups excluding carboxylic acids is 1. The van der Waals surface area contributed by atoms with Crippen LogP contribution in [0.2, 0.25) is 0 Å². The van der Waals surface area contributed by atoms with E-state index in [1.807, 2.05) is 0 Å². The number of nitrogens with zero attached hydrogens (tertiary/aromatic N) is 1. The minimum absolute atomic E-state index is 0.211. The molecule has 1 atom stereocenters. The largest absolute Gasteiger partial charge is 0.465 e. The summed E-state index contributed by atoms with van der Waals surface area (Å²) < 4.78 is 5.13. The van der Waals surface area contributed by atoms with Gasteiger partial charge in [0.15, 0.2) is 0 Å². The Morgan fingerprint density at radius 3 is 3.00 bits per heavy atom. The van der Waals surface area contributed by atoms with Gasteiger partial charge in [-0.05, 0) is 6.42 Å². The van der Waals surface area contributed by atoms with Gasteiger partial charge in [0, 0.05) is 25.6 Å². The first-order valence-electron chi connectivity index (χ1n) is 4.26. The quantitative estimate of drug-likeness (QED) is 0.633. The second-order valence-corrected chi connectivity index (χ2v) is 2.93. The molecule has 0 aromatic heterocycles. The summed E-state index contributed by atoms with van der Waals surface area (Å²) in [5.74, 6) is 0. The molecule has 0 radical (unpaired) electrons. The van der Waals surface area contributed by atoms with Crippen molar-refractivity contribution in [3.05, 3.63) is 0 Å². The number of amides is 1. The molecule has 1 aliphatic rings. The summed E-state index contributed by atoms with van der Waals surface area (Å²) in [5, 5.41) is 8.81. The number of carbonyl (C=O) groups is 2. The summed E-state index contributed by atoms with van der Waals surface area (Å²) >= 11 is 0. The Hall–Kier alpha value is -1.10. The van der Waals surface area contributed by atoms with Crippen LogP contribution in [0.15, 0.2) is 0 Å². The second-order valence-electron chi connectivity index (χ2n) is 2.93. The molecule has 0 bridgehead atoms. The summed E-state index contributed by atoms with van der Waals surface area (Å²) in [6, 6.07) is -0.211. The lowest BCUT2D eigenvalue weighted by atomic mass is 10.1. The van der Waals surface area contributed by atoms with E-state index in [0.29, 0.717) is 26.2 Å². The standard InChI is InChI=1S/C8H13NO4/c10-4-1-7-2-5-13-6-3-9(7)8(11)12/h4,7H,1-3,5-6H2,(H,11,12). The molecule has 1 amide bonds. The van der Waals surface area contributed by atoms with Gasteiger partial charge in [0.1, 0.15) is 6.29 Å². The summed E-state index contributed by atoms with van der Waals surface area (Å²) in [7, 11) is 0. The number of aldehydes is 1. The van der Waals surface area contributed by atoms with E-state index in [9.17, 15) is 9.59 Å². The minimum Gasteiger partial charge on any atom is -0.465 e. The van der Waals surface area contributed by atoms with Gasteiger partial charge in [-0.2, -0.15) is 0 Å². The molecular weight excluding hydrogens is 174 g/mol. The van der Waals surface area contributed by atoms with Crippen LogP contribution in [-0.2, 0) is 9.53 Å². The van der Waals surface area contributed by atoms with E-state index < -0.39 is 6.09 Å². The van der Waals surface area contributed by atoms with Gasteiger partial charge in [-0.25, -0.2) is 4.79 Å². The van der Waals surface area contributed by atoms with Gasteiger partial charge in [-0.15, -0.1) is 0 Å². The van der Waals surface area contributed by atoms with Crippen LogP contribution in [0, 0.1) is 0 Å². The molecule has 0 spiro atoms. The van der Waals surface area contributed by atoms with Crippen LogP contribution in [0.1, 0.15) is 12.8 Å². The van der Waals surface area contributed by atoms with Crippen molar-refractivity contribution in [1.29, 1.82) is 0 Å². The Morgan fingerprint density at radius 2 is 2.38 bits per heavy atom. The van der Waals surface area contributed by atoms with E-state index in [4.69, 9.17) is 9.84 Å². The smallest absolute Gasteiger partial charge is 0.407 e. The number of ether oxygens (including phenoxy) is 1. The zero-order chi connectivity index (χ0) is 9.68. The SMILES string of the molecule is O=CCC1CCOCCN1C(=O)O. The average molecular weight is 187 g/mol. The number of carboxylic acid groups (broad SMARTS) is 1. The molecule has 0 aromatic rings. The van der Waals surface area contributed by atoms with Crippen LogP contribution >= 0.6 is 0 Å². The van der Waals surface area contributed by atoms with Gasteiger partial charge in [-0.3, -0.25) is 0 Å². The highest BCUT2D eigenvalue weighted by Crippen LogP contribution is 2.11. The highest BCUT2D eigenvalue weighted by molar-refractivity contribution is 5.66. The van der Waals surface area contributed by atoms with Crippen LogP contribution < -0.4 is 0 Å². The number of hydrogen-bond acceptors (Lipinski definition) is 3. The fraction of sp³-hybridized carbons (Fsp3) is 0.750. The van der Waals surface area contributed by atoms with Crippen molar-refractivity contribution < 1.29 is 19.4 Å². The molecule has 1 unspecified atom stereocenters. The lowest BCUT2D eigenvalue weighted by molar-refractivity contribution is -0.108.